The molecule has 0 saturated heterocycles. The molecule has 2 aromatic carbocycles. The number of anilines is 1. The summed E-state index contributed by atoms with van der Waals surface area (Å²) in [7, 11) is 1.38. The fourth-order valence-corrected chi connectivity index (χ4v) is 1.78. The largest absolute Gasteiger partial charge is 0.494 e. The third-order valence-corrected chi connectivity index (χ3v) is 2.84. The van der Waals surface area contributed by atoms with E-state index in [0.29, 0.717) is 17.9 Å². The molecule has 0 aliphatic heterocycles. The van der Waals surface area contributed by atoms with Crippen LogP contribution in [0.25, 0.3) is 0 Å². The third-order valence-electron chi connectivity index (χ3n) is 2.84. The molecule has 0 heterocycles. The highest BCUT2D eigenvalue weighted by molar-refractivity contribution is 5.57. The van der Waals surface area contributed by atoms with Crippen molar-refractivity contribution in [3.63, 3.8) is 0 Å². The van der Waals surface area contributed by atoms with Gasteiger partial charge >= 0.3 is 0 Å². The average molecular weight is 277 g/mol. The molecular weight excluding hydrogens is 261 g/mol. The zero-order chi connectivity index (χ0) is 14.5. The van der Waals surface area contributed by atoms with E-state index in [4.69, 9.17) is 20.3 Å². The van der Waals surface area contributed by atoms with Gasteiger partial charge in [-0.1, -0.05) is 12.1 Å². The van der Waals surface area contributed by atoms with Crippen LogP contribution >= 0.6 is 0 Å². The Morgan fingerprint density at radius 1 is 1.15 bits per heavy atom. The number of halogens is 1. The van der Waals surface area contributed by atoms with Crippen LogP contribution in [-0.4, -0.2) is 18.8 Å². The SMILES string of the molecule is COc1cc(Oc2ccc(CCO)cc2)c(N)cc1F. The van der Waals surface area contributed by atoms with Crippen molar-refractivity contribution < 1.29 is 19.0 Å². The summed E-state index contributed by atoms with van der Waals surface area (Å²) in [4.78, 5) is 0. The van der Waals surface area contributed by atoms with Gasteiger partial charge in [0.1, 0.15) is 5.75 Å². The van der Waals surface area contributed by atoms with Gasteiger partial charge in [0.05, 0.1) is 12.8 Å². The molecular formula is C15H16FNO3. The molecule has 2 aromatic rings. The van der Waals surface area contributed by atoms with Crippen LogP contribution in [0, 0.1) is 5.82 Å². The summed E-state index contributed by atoms with van der Waals surface area (Å²) < 4.78 is 23.9. The molecule has 4 nitrogen and oxygen atoms in total. The maximum atomic E-state index is 13.4. The Morgan fingerprint density at radius 2 is 1.85 bits per heavy atom. The summed E-state index contributed by atoms with van der Waals surface area (Å²) >= 11 is 0. The van der Waals surface area contributed by atoms with Gasteiger partial charge in [0.2, 0.25) is 0 Å². The van der Waals surface area contributed by atoms with Gasteiger partial charge in [0.25, 0.3) is 0 Å². The predicted octanol–water partition coefficient (Wildman–Crippen LogP) is 2.74. The van der Waals surface area contributed by atoms with Crippen molar-refractivity contribution in [2.24, 2.45) is 0 Å². The molecule has 0 saturated carbocycles. The summed E-state index contributed by atoms with van der Waals surface area (Å²) in [6.45, 7) is 0.0995. The number of hydrogen-bond donors (Lipinski definition) is 2. The van der Waals surface area contributed by atoms with Crippen LogP contribution in [0.5, 0.6) is 17.2 Å². The molecule has 0 amide bonds. The Bertz CT molecular complexity index is 584. The number of benzene rings is 2. The molecule has 5 heteroatoms. The van der Waals surface area contributed by atoms with Crippen molar-refractivity contribution in [3.8, 4) is 17.2 Å². The maximum Gasteiger partial charge on any atom is 0.167 e. The lowest BCUT2D eigenvalue weighted by atomic mass is 10.1. The number of aliphatic hydroxyl groups excluding tert-OH is 1. The van der Waals surface area contributed by atoms with Crippen LogP contribution in [-0.2, 0) is 6.42 Å². The van der Waals surface area contributed by atoms with Gasteiger partial charge in [-0.15, -0.1) is 0 Å². The normalized spacial score (nSPS) is 10.3. The average Bonchev–Trinajstić information content (AvgIpc) is 2.44. The molecule has 0 atom stereocenters. The molecule has 20 heavy (non-hydrogen) atoms. The molecule has 0 aromatic heterocycles. The maximum absolute atomic E-state index is 13.4. The number of nitrogens with two attached hydrogens (primary N) is 1. The highest BCUT2D eigenvalue weighted by atomic mass is 19.1. The van der Waals surface area contributed by atoms with Crippen molar-refractivity contribution in [1.82, 2.24) is 0 Å². The van der Waals surface area contributed by atoms with Gasteiger partial charge in [0.15, 0.2) is 17.3 Å². The Labute approximate surface area is 116 Å². The minimum absolute atomic E-state index is 0.0751. The van der Waals surface area contributed by atoms with E-state index in [0.717, 1.165) is 11.6 Å². The highest BCUT2D eigenvalue weighted by Gasteiger charge is 2.10. The van der Waals surface area contributed by atoms with Crippen LogP contribution in [0.3, 0.4) is 0 Å². The molecule has 0 fully saturated rings. The minimum atomic E-state index is -0.532. The topological polar surface area (TPSA) is 64.7 Å². The quantitative estimate of drug-likeness (QED) is 0.825. The van der Waals surface area contributed by atoms with E-state index in [1.165, 1.54) is 13.2 Å². The zero-order valence-electron chi connectivity index (χ0n) is 11.1. The third kappa shape index (κ3) is 3.19. The van der Waals surface area contributed by atoms with Gasteiger partial charge in [-0.25, -0.2) is 4.39 Å². The summed E-state index contributed by atoms with van der Waals surface area (Å²) in [5, 5.41) is 8.85. The van der Waals surface area contributed by atoms with Crippen molar-refractivity contribution in [3.05, 3.63) is 47.8 Å². The van der Waals surface area contributed by atoms with E-state index >= 15 is 0 Å². The molecule has 106 valence electrons. The molecule has 0 radical (unpaired) electrons. The van der Waals surface area contributed by atoms with Crippen LogP contribution in [0.2, 0.25) is 0 Å². The van der Waals surface area contributed by atoms with Gasteiger partial charge in [0, 0.05) is 18.7 Å². The Balaban J connectivity index is 2.21. The van der Waals surface area contributed by atoms with Crippen LogP contribution in [0.4, 0.5) is 10.1 Å². The van der Waals surface area contributed by atoms with E-state index in [1.54, 1.807) is 12.1 Å². The first-order chi connectivity index (χ1) is 9.63. The first kappa shape index (κ1) is 14.1. The number of methoxy groups -OCH3 is 1. The smallest absolute Gasteiger partial charge is 0.167 e. The van der Waals surface area contributed by atoms with Crippen LogP contribution in [0.15, 0.2) is 36.4 Å². The standard InChI is InChI=1S/C15H16FNO3/c1-19-14-9-15(13(17)8-12(14)16)20-11-4-2-10(3-5-11)6-7-18/h2-5,8-9,18H,6-7,17H2,1H3. The molecule has 0 unspecified atom stereocenters. The van der Waals surface area contributed by atoms with E-state index in [9.17, 15) is 4.39 Å². The second-order valence-electron chi connectivity index (χ2n) is 4.24. The van der Waals surface area contributed by atoms with Crippen molar-refractivity contribution in [1.29, 1.82) is 0 Å². The van der Waals surface area contributed by atoms with Crippen molar-refractivity contribution in [2.75, 3.05) is 19.5 Å². The lowest BCUT2D eigenvalue weighted by Crippen LogP contribution is -1.96. The summed E-state index contributed by atoms with van der Waals surface area (Å²) in [5.74, 6) is 0.451. The van der Waals surface area contributed by atoms with Crippen LogP contribution in [0.1, 0.15) is 5.56 Å². The van der Waals surface area contributed by atoms with E-state index in [2.05, 4.69) is 0 Å². The molecule has 0 aliphatic carbocycles. The van der Waals surface area contributed by atoms with Crippen molar-refractivity contribution >= 4 is 5.69 Å². The number of nitrogen functional groups attached to an aromatic ring is 1. The second-order valence-corrected chi connectivity index (χ2v) is 4.24. The van der Waals surface area contributed by atoms with E-state index < -0.39 is 5.82 Å². The van der Waals surface area contributed by atoms with Crippen molar-refractivity contribution in [2.45, 2.75) is 6.42 Å². The predicted molar refractivity (Wildman–Crippen MR) is 74.7 cm³/mol. The van der Waals surface area contributed by atoms with Gasteiger partial charge in [-0.05, 0) is 24.1 Å². The number of aliphatic hydroxyl groups is 1. The monoisotopic (exact) mass is 277 g/mol. The lowest BCUT2D eigenvalue weighted by Gasteiger charge is -2.11. The number of ether oxygens (including phenoxy) is 2. The van der Waals surface area contributed by atoms with Gasteiger partial charge < -0.3 is 20.3 Å². The Hall–Kier alpha value is -2.27. The number of hydrogen-bond acceptors (Lipinski definition) is 4. The van der Waals surface area contributed by atoms with Crippen LogP contribution < -0.4 is 15.2 Å². The number of rotatable bonds is 5. The Kier molecular flexibility index (Phi) is 4.42. The fourth-order valence-electron chi connectivity index (χ4n) is 1.78. The fraction of sp³-hybridized carbons (Fsp3) is 0.200. The summed E-state index contributed by atoms with van der Waals surface area (Å²) in [5.41, 5.74) is 6.92. The zero-order valence-corrected chi connectivity index (χ0v) is 11.1. The van der Waals surface area contributed by atoms with E-state index in [1.807, 2.05) is 12.1 Å². The van der Waals surface area contributed by atoms with Gasteiger partial charge in [-0.3, -0.25) is 0 Å². The molecule has 2 rings (SSSR count). The first-order valence-electron chi connectivity index (χ1n) is 6.14. The first-order valence-corrected chi connectivity index (χ1v) is 6.14. The van der Waals surface area contributed by atoms with Gasteiger partial charge in [-0.2, -0.15) is 0 Å². The molecule has 3 N–H and O–H groups in total. The molecule has 0 spiro atoms. The minimum Gasteiger partial charge on any atom is -0.494 e. The summed E-state index contributed by atoms with van der Waals surface area (Å²) in [6.07, 6.45) is 0.590. The summed E-state index contributed by atoms with van der Waals surface area (Å²) in [6, 6.07) is 9.80. The second kappa shape index (κ2) is 6.25. The highest BCUT2D eigenvalue weighted by Crippen LogP contribution is 2.33. The lowest BCUT2D eigenvalue weighted by molar-refractivity contribution is 0.299. The Morgan fingerprint density at radius 3 is 2.45 bits per heavy atom. The molecule has 0 aliphatic rings. The molecule has 0 bridgehead atoms. The van der Waals surface area contributed by atoms with E-state index in [-0.39, 0.29) is 18.0 Å².